The van der Waals surface area contributed by atoms with Gasteiger partial charge in [0.15, 0.2) is 5.82 Å². The number of nitrogens with one attached hydrogen (secondary N) is 1. The Morgan fingerprint density at radius 3 is 2.94 bits per heavy atom. The van der Waals surface area contributed by atoms with Gasteiger partial charge in [-0.25, -0.2) is 4.39 Å². The zero-order chi connectivity index (χ0) is 13.1. The smallest absolute Gasteiger partial charge is 0.295 e. The molecule has 1 aromatic rings. The molecule has 2 unspecified atom stereocenters. The van der Waals surface area contributed by atoms with Crippen LogP contribution in [0.3, 0.4) is 0 Å². The number of hydrogen-bond acceptors (Lipinski definition) is 4. The average molecular weight is 254 g/mol. The number of nitrogens with zero attached hydrogens (tertiary/aromatic N) is 1. The summed E-state index contributed by atoms with van der Waals surface area (Å²) in [4.78, 5) is 10.2. The molecule has 2 atom stereocenters. The van der Waals surface area contributed by atoms with Crippen molar-refractivity contribution in [1.29, 1.82) is 0 Å². The summed E-state index contributed by atoms with van der Waals surface area (Å²) < 4.78 is 19.1. The molecule has 18 heavy (non-hydrogen) atoms. The normalized spacial score (nSPS) is 23.0. The molecule has 1 N–H and O–H groups in total. The second-order valence-electron chi connectivity index (χ2n) is 4.42. The number of anilines is 1. The minimum absolute atomic E-state index is 0.0146. The lowest BCUT2D eigenvalue weighted by molar-refractivity contribution is -0.384. The van der Waals surface area contributed by atoms with E-state index in [9.17, 15) is 14.5 Å². The van der Waals surface area contributed by atoms with Crippen LogP contribution >= 0.6 is 0 Å². The van der Waals surface area contributed by atoms with Crippen LogP contribution in [-0.4, -0.2) is 23.7 Å². The molecule has 1 fully saturated rings. The number of nitro groups is 1. The van der Waals surface area contributed by atoms with Crippen LogP contribution in [0.2, 0.25) is 0 Å². The van der Waals surface area contributed by atoms with Crippen molar-refractivity contribution in [3.05, 3.63) is 34.1 Å². The highest BCUT2D eigenvalue weighted by atomic mass is 19.1. The quantitative estimate of drug-likeness (QED) is 0.662. The second-order valence-corrected chi connectivity index (χ2v) is 4.42. The third-order valence-electron chi connectivity index (χ3n) is 3.01. The van der Waals surface area contributed by atoms with Gasteiger partial charge in [0, 0.05) is 12.6 Å². The molecule has 0 spiro atoms. The van der Waals surface area contributed by atoms with Crippen LogP contribution in [0.15, 0.2) is 18.2 Å². The lowest BCUT2D eigenvalue weighted by Crippen LogP contribution is -2.20. The molecule has 0 amide bonds. The SMILES string of the molecule is CC1CCC(CNc2c(F)cccc2[N+](=O)[O-])O1. The van der Waals surface area contributed by atoms with E-state index in [1.807, 2.05) is 6.92 Å². The lowest BCUT2D eigenvalue weighted by Gasteiger charge is -2.13. The Hall–Kier alpha value is -1.69. The number of nitro benzene ring substituents is 1. The van der Waals surface area contributed by atoms with Gasteiger partial charge in [0.05, 0.1) is 17.1 Å². The molecular formula is C12H15FN2O3. The van der Waals surface area contributed by atoms with E-state index in [1.165, 1.54) is 18.2 Å². The number of rotatable bonds is 4. The van der Waals surface area contributed by atoms with Crippen LogP contribution < -0.4 is 5.32 Å². The third-order valence-corrected chi connectivity index (χ3v) is 3.01. The number of benzene rings is 1. The minimum atomic E-state index is -0.616. The van der Waals surface area contributed by atoms with E-state index in [0.29, 0.717) is 6.54 Å². The highest BCUT2D eigenvalue weighted by Gasteiger charge is 2.23. The molecule has 6 heteroatoms. The summed E-state index contributed by atoms with van der Waals surface area (Å²) in [5.74, 6) is -0.616. The van der Waals surface area contributed by atoms with Crippen molar-refractivity contribution in [1.82, 2.24) is 0 Å². The van der Waals surface area contributed by atoms with Crippen molar-refractivity contribution in [2.24, 2.45) is 0 Å². The first-order valence-corrected chi connectivity index (χ1v) is 5.90. The maximum Gasteiger partial charge on any atom is 0.295 e. The van der Waals surface area contributed by atoms with Gasteiger partial charge in [-0.1, -0.05) is 6.07 Å². The molecule has 1 heterocycles. The molecule has 0 bridgehead atoms. The summed E-state index contributed by atoms with van der Waals surface area (Å²) in [5.41, 5.74) is -0.313. The van der Waals surface area contributed by atoms with E-state index in [1.54, 1.807) is 0 Å². The first-order valence-electron chi connectivity index (χ1n) is 5.90. The molecule has 98 valence electrons. The van der Waals surface area contributed by atoms with Crippen LogP contribution in [0.1, 0.15) is 19.8 Å². The first kappa shape index (κ1) is 12.8. The fourth-order valence-electron chi connectivity index (χ4n) is 2.09. The molecule has 1 aliphatic rings. The summed E-state index contributed by atoms with van der Waals surface area (Å²) in [5, 5.41) is 13.6. The van der Waals surface area contributed by atoms with Gasteiger partial charge in [0.25, 0.3) is 5.69 Å². The fraction of sp³-hybridized carbons (Fsp3) is 0.500. The molecular weight excluding hydrogens is 239 g/mol. The summed E-state index contributed by atoms with van der Waals surface area (Å²) in [6.45, 7) is 2.36. The molecule has 0 saturated carbocycles. The van der Waals surface area contributed by atoms with Gasteiger partial charge in [-0.3, -0.25) is 10.1 Å². The predicted molar refractivity (Wildman–Crippen MR) is 65.1 cm³/mol. The molecule has 2 rings (SSSR count). The standard InChI is InChI=1S/C12H15FN2O3/c1-8-5-6-9(18-8)7-14-12-10(13)3-2-4-11(12)15(16)17/h2-4,8-9,14H,5-7H2,1H3. The summed E-state index contributed by atoms with van der Waals surface area (Å²) >= 11 is 0. The van der Waals surface area contributed by atoms with Crippen molar-refractivity contribution in [2.75, 3.05) is 11.9 Å². The second kappa shape index (κ2) is 5.30. The number of ether oxygens (including phenoxy) is 1. The van der Waals surface area contributed by atoms with Crippen molar-refractivity contribution >= 4 is 11.4 Å². The maximum atomic E-state index is 13.6. The van der Waals surface area contributed by atoms with E-state index in [0.717, 1.165) is 12.8 Å². The van der Waals surface area contributed by atoms with Crippen LogP contribution in [0.5, 0.6) is 0 Å². The van der Waals surface area contributed by atoms with Crippen LogP contribution in [-0.2, 0) is 4.74 Å². The Labute approximate surface area is 104 Å². The van der Waals surface area contributed by atoms with Crippen LogP contribution in [0.4, 0.5) is 15.8 Å². The third kappa shape index (κ3) is 2.76. The molecule has 5 nitrogen and oxygen atoms in total. The van der Waals surface area contributed by atoms with E-state index in [4.69, 9.17) is 4.74 Å². The van der Waals surface area contributed by atoms with Gasteiger partial charge < -0.3 is 10.1 Å². The minimum Gasteiger partial charge on any atom is -0.374 e. The molecule has 0 radical (unpaired) electrons. The van der Waals surface area contributed by atoms with Crippen LogP contribution in [0.25, 0.3) is 0 Å². The van der Waals surface area contributed by atoms with E-state index < -0.39 is 10.7 Å². The first-order chi connectivity index (χ1) is 8.58. The van der Waals surface area contributed by atoms with Crippen molar-refractivity contribution < 1.29 is 14.1 Å². The highest BCUT2D eigenvalue weighted by Crippen LogP contribution is 2.28. The van der Waals surface area contributed by atoms with E-state index >= 15 is 0 Å². The Kier molecular flexibility index (Phi) is 3.76. The van der Waals surface area contributed by atoms with Gasteiger partial charge in [0.1, 0.15) is 5.69 Å². The molecule has 1 aromatic carbocycles. The number of para-hydroxylation sites is 1. The van der Waals surface area contributed by atoms with Crippen molar-refractivity contribution in [3.8, 4) is 0 Å². The van der Waals surface area contributed by atoms with E-state index in [2.05, 4.69) is 5.32 Å². The Bertz CT molecular complexity index is 453. The molecule has 0 aliphatic carbocycles. The van der Waals surface area contributed by atoms with Gasteiger partial charge in [-0.2, -0.15) is 0 Å². The molecule has 1 saturated heterocycles. The lowest BCUT2D eigenvalue weighted by atomic mass is 10.2. The zero-order valence-electron chi connectivity index (χ0n) is 10.1. The summed E-state index contributed by atoms with van der Waals surface area (Å²) in [7, 11) is 0. The predicted octanol–water partition coefficient (Wildman–Crippen LogP) is 2.71. The summed E-state index contributed by atoms with van der Waals surface area (Å²) in [6, 6.07) is 3.81. The van der Waals surface area contributed by atoms with Gasteiger partial charge in [-0.15, -0.1) is 0 Å². The van der Waals surface area contributed by atoms with Gasteiger partial charge >= 0.3 is 0 Å². The average Bonchev–Trinajstić information content (AvgIpc) is 2.73. The number of halogens is 1. The Morgan fingerprint density at radius 1 is 1.56 bits per heavy atom. The zero-order valence-corrected chi connectivity index (χ0v) is 10.1. The summed E-state index contributed by atoms with van der Waals surface area (Å²) in [6.07, 6.45) is 2.04. The van der Waals surface area contributed by atoms with E-state index in [-0.39, 0.29) is 23.6 Å². The fourth-order valence-corrected chi connectivity index (χ4v) is 2.09. The topological polar surface area (TPSA) is 64.4 Å². The Morgan fingerprint density at radius 2 is 2.33 bits per heavy atom. The number of hydrogen-bond donors (Lipinski definition) is 1. The largest absolute Gasteiger partial charge is 0.374 e. The Balaban J connectivity index is 2.06. The van der Waals surface area contributed by atoms with Crippen molar-refractivity contribution in [2.45, 2.75) is 32.0 Å². The van der Waals surface area contributed by atoms with Crippen LogP contribution in [0, 0.1) is 15.9 Å². The molecule has 0 aromatic heterocycles. The highest BCUT2D eigenvalue weighted by molar-refractivity contribution is 5.62. The molecule has 1 aliphatic heterocycles. The van der Waals surface area contributed by atoms with Gasteiger partial charge in [-0.05, 0) is 25.8 Å². The van der Waals surface area contributed by atoms with Crippen molar-refractivity contribution in [3.63, 3.8) is 0 Å². The maximum absolute atomic E-state index is 13.6. The van der Waals surface area contributed by atoms with Gasteiger partial charge in [0.2, 0.25) is 0 Å². The monoisotopic (exact) mass is 254 g/mol.